The van der Waals surface area contributed by atoms with Gasteiger partial charge in [-0.1, -0.05) is 37.9 Å². The maximum atomic E-state index is 12.5. The number of nitrogens with two attached hydrogens (primary N) is 1. The van der Waals surface area contributed by atoms with Crippen molar-refractivity contribution in [2.75, 3.05) is 13.6 Å². The second-order valence-electron chi connectivity index (χ2n) is 4.77. The first-order chi connectivity index (χ1) is 8.82. The molecule has 0 spiro atoms. The first-order valence-corrected chi connectivity index (χ1v) is 8.09. The third-order valence-electron chi connectivity index (χ3n) is 3.19. The minimum absolute atomic E-state index is 0.128. The summed E-state index contributed by atoms with van der Waals surface area (Å²) in [6, 6.07) is 4.86. The molecule has 19 heavy (non-hydrogen) atoms. The van der Waals surface area contributed by atoms with E-state index in [0.717, 1.165) is 12.0 Å². The van der Waals surface area contributed by atoms with Crippen molar-refractivity contribution < 1.29 is 8.42 Å². The summed E-state index contributed by atoms with van der Waals surface area (Å²) in [5, 5.41) is 0.230. The van der Waals surface area contributed by atoms with Gasteiger partial charge in [0.15, 0.2) is 0 Å². The molecule has 1 unspecified atom stereocenters. The van der Waals surface area contributed by atoms with Gasteiger partial charge < -0.3 is 5.73 Å². The number of halogens is 1. The SMILES string of the molecule is CCC(C)CN(C)S(=O)(=O)c1cc(CN)ccc1Cl. The van der Waals surface area contributed by atoms with Crippen LogP contribution in [0.1, 0.15) is 25.8 Å². The Balaban J connectivity index is 3.12. The fourth-order valence-electron chi connectivity index (χ4n) is 1.71. The quantitative estimate of drug-likeness (QED) is 0.878. The van der Waals surface area contributed by atoms with Crippen molar-refractivity contribution in [3.8, 4) is 0 Å². The molecule has 0 aliphatic carbocycles. The van der Waals surface area contributed by atoms with Crippen molar-refractivity contribution in [2.45, 2.75) is 31.7 Å². The molecular weight excluding hydrogens is 284 g/mol. The van der Waals surface area contributed by atoms with Crippen LogP contribution >= 0.6 is 11.6 Å². The normalized spacial score (nSPS) is 13.8. The van der Waals surface area contributed by atoms with E-state index in [2.05, 4.69) is 0 Å². The molecule has 0 aliphatic heterocycles. The number of rotatable bonds is 6. The molecule has 6 heteroatoms. The highest BCUT2D eigenvalue weighted by Gasteiger charge is 2.24. The number of benzene rings is 1. The van der Waals surface area contributed by atoms with E-state index in [0.29, 0.717) is 12.5 Å². The first kappa shape index (κ1) is 16.4. The van der Waals surface area contributed by atoms with Gasteiger partial charge in [0.1, 0.15) is 4.90 Å². The van der Waals surface area contributed by atoms with Gasteiger partial charge in [0, 0.05) is 20.1 Å². The highest BCUT2D eigenvalue weighted by Crippen LogP contribution is 2.25. The molecule has 0 radical (unpaired) electrons. The van der Waals surface area contributed by atoms with Gasteiger partial charge in [0.2, 0.25) is 10.0 Å². The Morgan fingerprint density at radius 1 is 1.42 bits per heavy atom. The summed E-state index contributed by atoms with van der Waals surface area (Å²) in [5.74, 6) is 0.302. The van der Waals surface area contributed by atoms with Crippen LogP contribution in [0.4, 0.5) is 0 Å². The molecule has 0 saturated heterocycles. The van der Waals surface area contributed by atoms with Crippen LogP contribution in [-0.2, 0) is 16.6 Å². The molecule has 0 saturated carbocycles. The average molecular weight is 305 g/mol. The predicted molar refractivity (Wildman–Crippen MR) is 78.6 cm³/mol. The van der Waals surface area contributed by atoms with Crippen LogP contribution in [0.15, 0.2) is 23.1 Å². The lowest BCUT2D eigenvalue weighted by Gasteiger charge is -2.21. The lowest BCUT2D eigenvalue weighted by Crippen LogP contribution is -2.31. The molecule has 1 aromatic rings. The highest BCUT2D eigenvalue weighted by atomic mass is 35.5. The van der Waals surface area contributed by atoms with Gasteiger partial charge in [-0.15, -0.1) is 0 Å². The largest absolute Gasteiger partial charge is 0.326 e. The fraction of sp³-hybridized carbons (Fsp3) is 0.538. The maximum absolute atomic E-state index is 12.5. The van der Waals surface area contributed by atoms with Gasteiger partial charge in [-0.05, 0) is 23.6 Å². The molecule has 1 atom stereocenters. The smallest absolute Gasteiger partial charge is 0.244 e. The number of hydrogen-bond donors (Lipinski definition) is 1. The van der Waals surface area contributed by atoms with E-state index in [1.807, 2.05) is 13.8 Å². The number of nitrogens with zero attached hydrogens (tertiary/aromatic N) is 1. The summed E-state index contributed by atoms with van der Waals surface area (Å²) in [6.45, 7) is 4.81. The van der Waals surface area contributed by atoms with E-state index in [9.17, 15) is 8.42 Å². The van der Waals surface area contributed by atoms with Crippen LogP contribution in [0.2, 0.25) is 5.02 Å². The summed E-state index contributed by atoms with van der Waals surface area (Å²) in [7, 11) is -1.99. The Kier molecular flexibility index (Phi) is 5.80. The van der Waals surface area contributed by atoms with Crippen molar-refractivity contribution in [2.24, 2.45) is 11.7 Å². The molecule has 0 bridgehead atoms. The summed E-state index contributed by atoms with van der Waals surface area (Å²) in [5.41, 5.74) is 6.29. The zero-order valence-electron chi connectivity index (χ0n) is 11.6. The minimum Gasteiger partial charge on any atom is -0.326 e. The molecule has 0 fully saturated rings. The monoisotopic (exact) mass is 304 g/mol. The minimum atomic E-state index is -3.56. The topological polar surface area (TPSA) is 63.4 Å². The van der Waals surface area contributed by atoms with Crippen LogP contribution in [-0.4, -0.2) is 26.3 Å². The molecule has 1 rings (SSSR count). The molecule has 0 aliphatic rings. The first-order valence-electron chi connectivity index (χ1n) is 6.27. The molecule has 1 aromatic carbocycles. The molecule has 0 aromatic heterocycles. The summed E-state index contributed by atoms with van der Waals surface area (Å²) in [6.07, 6.45) is 0.927. The predicted octanol–water partition coefficient (Wildman–Crippen LogP) is 2.47. The second kappa shape index (κ2) is 6.70. The van der Waals surface area contributed by atoms with Gasteiger partial charge in [0.05, 0.1) is 5.02 Å². The van der Waals surface area contributed by atoms with E-state index in [1.54, 1.807) is 25.2 Å². The Hall–Kier alpha value is -0.620. The van der Waals surface area contributed by atoms with Crippen LogP contribution < -0.4 is 5.73 Å². The lowest BCUT2D eigenvalue weighted by atomic mass is 10.1. The summed E-state index contributed by atoms with van der Waals surface area (Å²) in [4.78, 5) is 0.128. The molecule has 4 nitrogen and oxygen atoms in total. The Morgan fingerprint density at radius 3 is 2.58 bits per heavy atom. The zero-order chi connectivity index (χ0) is 14.6. The highest BCUT2D eigenvalue weighted by molar-refractivity contribution is 7.89. The van der Waals surface area contributed by atoms with E-state index in [1.165, 1.54) is 4.31 Å². The average Bonchev–Trinajstić information content (AvgIpc) is 2.38. The number of hydrogen-bond acceptors (Lipinski definition) is 3. The molecule has 0 heterocycles. The van der Waals surface area contributed by atoms with Crippen molar-refractivity contribution in [1.82, 2.24) is 4.31 Å². The molecule has 2 N–H and O–H groups in total. The Bertz CT molecular complexity index is 531. The van der Waals surface area contributed by atoms with Crippen molar-refractivity contribution in [3.63, 3.8) is 0 Å². The fourth-order valence-corrected chi connectivity index (χ4v) is 3.52. The summed E-state index contributed by atoms with van der Waals surface area (Å²) >= 11 is 6.01. The van der Waals surface area contributed by atoms with E-state index < -0.39 is 10.0 Å². The van der Waals surface area contributed by atoms with Crippen LogP contribution in [0.3, 0.4) is 0 Å². The second-order valence-corrected chi connectivity index (χ2v) is 7.19. The number of sulfonamides is 1. The Morgan fingerprint density at radius 2 is 2.05 bits per heavy atom. The van der Waals surface area contributed by atoms with E-state index in [-0.39, 0.29) is 16.5 Å². The van der Waals surface area contributed by atoms with Crippen molar-refractivity contribution in [1.29, 1.82) is 0 Å². The molecule has 0 amide bonds. The Labute approximate surface area is 120 Å². The van der Waals surface area contributed by atoms with Crippen LogP contribution in [0, 0.1) is 5.92 Å². The summed E-state index contributed by atoms with van der Waals surface area (Å²) < 4.78 is 26.3. The zero-order valence-corrected chi connectivity index (χ0v) is 13.1. The van der Waals surface area contributed by atoms with Gasteiger partial charge in [0.25, 0.3) is 0 Å². The van der Waals surface area contributed by atoms with Crippen molar-refractivity contribution in [3.05, 3.63) is 28.8 Å². The third kappa shape index (κ3) is 3.92. The maximum Gasteiger partial charge on any atom is 0.244 e. The van der Waals surface area contributed by atoms with E-state index >= 15 is 0 Å². The van der Waals surface area contributed by atoms with Crippen molar-refractivity contribution >= 4 is 21.6 Å². The van der Waals surface area contributed by atoms with Gasteiger partial charge in [-0.3, -0.25) is 0 Å². The molecule has 108 valence electrons. The standard InChI is InChI=1S/C13H21ClN2O2S/c1-4-10(2)9-16(3)19(17,18)13-7-11(8-15)5-6-12(13)14/h5-7,10H,4,8-9,15H2,1-3H3. The third-order valence-corrected chi connectivity index (χ3v) is 5.49. The van der Waals surface area contributed by atoms with Gasteiger partial charge in [-0.2, -0.15) is 0 Å². The van der Waals surface area contributed by atoms with Crippen LogP contribution in [0.5, 0.6) is 0 Å². The van der Waals surface area contributed by atoms with Crippen LogP contribution in [0.25, 0.3) is 0 Å². The lowest BCUT2D eigenvalue weighted by molar-refractivity contribution is 0.393. The van der Waals surface area contributed by atoms with E-state index in [4.69, 9.17) is 17.3 Å². The van der Waals surface area contributed by atoms with Gasteiger partial charge >= 0.3 is 0 Å². The van der Waals surface area contributed by atoms with Gasteiger partial charge in [-0.25, -0.2) is 12.7 Å². The molecular formula is C13H21ClN2O2S.